The lowest BCUT2D eigenvalue weighted by Crippen LogP contribution is -2.37. The van der Waals surface area contributed by atoms with Crippen LogP contribution in [-0.2, 0) is 4.79 Å². The summed E-state index contributed by atoms with van der Waals surface area (Å²) in [6.45, 7) is 1.04. The highest BCUT2D eigenvalue weighted by atomic mass is 16.2. The zero-order chi connectivity index (χ0) is 13.5. The molecule has 0 aliphatic heterocycles. The summed E-state index contributed by atoms with van der Waals surface area (Å²) in [6.07, 6.45) is 11.9. The predicted molar refractivity (Wildman–Crippen MR) is 76.7 cm³/mol. The van der Waals surface area contributed by atoms with Crippen LogP contribution in [0, 0.1) is 17.8 Å². The molecule has 1 amide bonds. The molecule has 0 radical (unpaired) electrons. The smallest absolute Gasteiger partial charge is 0.223 e. The third-order valence-electron chi connectivity index (χ3n) is 5.04. The monoisotopic (exact) mass is 267 g/mol. The molecule has 2 aliphatic rings. The summed E-state index contributed by atoms with van der Waals surface area (Å²) in [6, 6.07) is 0. The maximum Gasteiger partial charge on any atom is 0.223 e. The molecule has 2 N–H and O–H groups in total. The summed E-state index contributed by atoms with van der Waals surface area (Å²) in [7, 11) is 0. The van der Waals surface area contributed by atoms with Crippen molar-refractivity contribution in [3.05, 3.63) is 0 Å². The van der Waals surface area contributed by atoms with E-state index in [-0.39, 0.29) is 18.4 Å². The standard InChI is InChI=1S/C16H29NO2/c18-11-5-1-4-10-17-16(19)15-9-8-13-6-2-3-7-14(13)12-15/h13-15,18H,1-12H2,(H,17,19). The fourth-order valence-corrected chi connectivity index (χ4v) is 3.88. The summed E-state index contributed by atoms with van der Waals surface area (Å²) in [5.74, 6) is 2.31. The lowest BCUT2D eigenvalue weighted by atomic mass is 9.67. The van der Waals surface area contributed by atoms with Crippen LogP contribution in [0.5, 0.6) is 0 Å². The van der Waals surface area contributed by atoms with E-state index in [1.807, 2.05) is 0 Å². The molecule has 3 atom stereocenters. The van der Waals surface area contributed by atoms with Crippen LogP contribution < -0.4 is 5.32 Å². The molecule has 110 valence electrons. The molecule has 0 spiro atoms. The summed E-state index contributed by atoms with van der Waals surface area (Å²) in [5, 5.41) is 11.8. The van der Waals surface area contributed by atoms with E-state index in [4.69, 9.17) is 5.11 Å². The SMILES string of the molecule is O=C(NCCCCCO)C1CCC2CCCCC2C1. The van der Waals surface area contributed by atoms with Crippen LogP contribution in [-0.4, -0.2) is 24.2 Å². The maximum atomic E-state index is 12.1. The number of carbonyl (C=O) groups is 1. The van der Waals surface area contributed by atoms with Gasteiger partial charge in [-0.2, -0.15) is 0 Å². The number of aliphatic hydroxyl groups is 1. The van der Waals surface area contributed by atoms with E-state index < -0.39 is 0 Å². The number of aliphatic hydroxyl groups excluding tert-OH is 1. The van der Waals surface area contributed by atoms with Crippen molar-refractivity contribution in [2.75, 3.05) is 13.2 Å². The van der Waals surface area contributed by atoms with Gasteiger partial charge in [0.25, 0.3) is 0 Å². The summed E-state index contributed by atoms with van der Waals surface area (Å²) >= 11 is 0. The molecule has 0 aromatic carbocycles. The minimum atomic E-state index is 0.264. The van der Waals surface area contributed by atoms with Crippen LogP contribution in [0.25, 0.3) is 0 Å². The van der Waals surface area contributed by atoms with Crippen LogP contribution >= 0.6 is 0 Å². The molecule has 0 aromatic heterocycles. The first kappa shape index (κ1) is 14.8. The minimum Gasteiger partial charge on any atom is -0.396 e. The van der Waals surface area contributed by atoms with Crippen LogP contribution in [0.3, 0.4) is 0 Å². The van der Waals surface area contributed by atoms with Gasteiger partial charge in [0.2, 0.25) is 5.91 Å². The topological polar surface area (TPSA) is 49.3 Å². The molecule has 0 aromatic rings. The molecule has 0 bridgehead atoms. The average Bonchev–Trinajstić information content (AvgIpc) is 2.46. The highest BCUT2D eigenvalue weighted by Crippen LogP contribution is 2.42. The van der Waals surface area contributed by atoms with E-state index in [0.717, 1.165) is 50.5 Å². The molecule has 2 fully saturated rings. The largest absolute Gasteiger partial charge is 0.396 e. The third-order valence-corrected chi connectivity index (χ3v) is 5.04. The van der Waals surface area contributed by atoms with E-state index in [0.29, 0.717) is 0 Å². The highest BCUT2D eigenvalue weighted by molar-refractivity contribution is 5.78. The highest BCUT2D eigenvalue weighted by Gasteiger charge is 2.34. The van der Waals surface area contributed by atoms with E-state index in [2.05, 4.69) is 5.32 Å². The Kier molecular flexibility index (Phi) is 6.15. The quantitative estimate of drug-likeness (QED) is 0.727. The Morgan fingerprint density at radius 1 is 1.00 bits per heavy atom. The molecular weight excluding hydrogens is 238 g/mol. The number of hydrogen-bond donors (Lipinski definition) is 2. The number of hydrogen-bond acceptors (Lipinski definition) is 2. The average molecular weight is 267 g/mol. The van der Waals surface area contributed by atoms with Crippen molar-refractivity contribution in [1.82, 2.24) is 5.32 Å². The van der Waals surface area contributed by atoms with Crippen molar-refractivity contribution in [2.24, 2.45) is 17.8 Å². The van der Waals surface area contributed by atoms with Gasteiger partial charge in [0.05, 0.1) is 0 Å². The minimum absolute atomic E-state index is 0.264. The van der Waals surface area contributed by atoms with Crippen molar-refractivity contribution in [3.63, 3.8) is 0 Å². The van der Waals surface area contributed by atoms with Crippen molar-refractivity contribution in [2.45, 2.75) is 64.2 Å². The van der Waals surface area contributed by atoms with E-state index in [1.54, 1.807) is 0 Å². The Morgan fingerprint density at radius 2 is 1.79 bits per heavy atom. The second kappa shape index (κ2) is 7.88. The zero-order valence-electron chi connectivity index (χ0n) is 12.1. The maximum absolute atomic E-state index is 12.1. The summed E-state index contributed by atoms with van der Waals surface area (Å²) < 4.78 is 0. The van der Waals surface area contributed by atoms with Gasteiger partial charge in [-0.3, -0.25) is 4.79 Å². The number of amides is 1. The van der Waals surface area contributed by atoms with Gasteiger partial charge < -0.3 is 10.4 Å². The first-order valence-corrected chi connectivity index (χ1v) is 8.20. The Bertz CT molecular complexity index is 280. The number of rotatable bonds is 6. The first-order valence-electron chi connectivity index (χ1n) is 8.20. The molecule has 0 heterocycles. The Hall–Kier alpha value is -0.570. The van der Waals surface area contributed by atoms with Gasteiger partial charge in [0, 0.05) is 19.1 Å². The Labute approximate surface area is 117 Å². The van der Waals surface area contributed by atoms with Crippen molar-refractivity contribution >= 4 is 5.91 Å². The van der Waals surface area contributed by atoms with Gasteiger partial charge in [-0.05, 0) is 50.4 Å². The van der Waals surface area contributed by atoms with Crippen molar-refractivity contribution in [3.8, 4) is 0 Å². The molecule has 3 unspecified atom stereocenters. The molecule has 3 heteroatoms. The van der Waals surface area contributed by atoms with Crippen molar-refractivity contribution in [1.29, 1.82) is 0 Å². The van der Waals surface area contributed by atoms with Gasteiger partial charge >= 0.3 is 0 Å². The van der Waals surface area contributed by atoms with Gasteiger partial charge in [0.1, 0.15) is 0 Å². The van der Waals surface area contributed by atoms with Crippen LogP contribution in [0.2, 0.25) is 0 Å². The molecular formula is C16H29NO2. The van der Waals surface area contributed by atoms with Crippen LogP contribution in [0.15, 0.2) is 0 Å². The normalized spacial score (nSPS) is 30.7. The molecule has 2 rings (SSSR count). The number of unbranched alkanes of at least 4 members (excludes halogenated alkanes) is 2. The van der Waals surface area contributed by atoms with Crippen molar-refractivity contribution < 1.29 is 9.90 Å². The fourth-order valence-electron chi connectivity index (χ4n) is 3.88. The predicted octanol–water partition coefficient (Wildman–Crippen LogP) is 2.87. The summed E-state index contributed by atoms with van der Waals surface area (Å²) in [4.78, 5) is 12.1. The number of fused-ring (bicyclic) bond motifs is 1. The Balaban J connectivity index is 1.65. The molecule has 19 heavy (non-hydrogen) atoms. The van der Waals surface area contributed by atoms with Gasteiger partial charge in [-0.15, -0.1) is 0 Å². The van der Waals surface area contributed by atoms with Gasteiger partial charge in [-0.1, -0.05) is 25.7 Å². The van der Waals surface area contributed by atoms with E-state index in [1.165, 1.54) is 32.1 Å². The van der Waals surface area contributed by atoms with Gasteiger partial charge in [0.15, 0.2) is 0 Å². The van der Waals surface area contributed by atoms with Crippen LogP contribution in [0.4, 0.5) is 0 Å². The molecule has 0 saturated heterocycles. The lowest BCUT2D eigenvalue weighted by molar-refractivity contribution is -0.127. The number of nitrogens with one attached hydrogen (secondary N) is 1. The molecule has 2 saturated carbocycles. The first-order chi connectivity index (χ1) is 9.31. The number of carbonyl (C=O) groups excluding carboxylic acids is 1. The van der Waals surface area contributed by atoms with E-state index >= 15 is 0 Å². The van der Waals surface area contributed by atoms with Crippen LogP contribution in [0.1, 0.15) is 64.2 Å². The molecule has 3 nitrogen and oxygen atoms in total. The zero-order valence-corrected chi connectivity index (χ0v) is 12.1. The summed E-state index contributed by atoms with van der Waals surface area (Å²) in [5.41, 5.74) is 0. The third kappa shape index (κ3) is 4.48. The fraction of sp³-hybridized carbons (Fsp3) is 0.938. The molecule has 2 aliphatic carbocycles. The Morgan fingerprint density at radius 3 is 2.58 bits per heavy atom. The lowest BCUT2D eigenvalue weighted by Gasteiger charge is -2.38. The second-order valence-electron chi connectivity index (χ2n) is 6.39. The van der Waals surface area contributed by atoms with Gasteiger partial charge in [-0.25, -0.2) is 0 Å². The second-order valence-corrected chi connectivity index (χ2v) is 6.39. The van der Waals surface area contributed by atoms with E-state index in [9.17, 15) is 4.79 Å².